The summed E-state index contributed by atoms with van der Waals surface area (Å²) >= 11 is 0. The number of β-amino-alcohol motifs (C(OH)–C–C–N with tert-alkyl or cyclic N) is 1. The number of hydrogen-bond acceptors (Lipinski definition) is 4. The van der Waals surface area contributed by atoms with Crippen LogP contribution in [0.1, 0.15) is 70.4 Å². The fourth-order valence-corrected chi connectivity index (χ4v) is 5.51. The Kier molecular flexibility index (Phi) is 5.05. The minimum Gasteiger partial charge on any atom is -0.395 e. The van der Waals surface area contributed by atoms with Crippen LogP contribution >= 0.6 is 0 Å². The second-order valence-corrected chi connectivity index (χ2v) is 10.8. The normalized spacial score (nSPS) is 23.6. The predicted molar refractivity (Wildman–Crippen MR) is 118 cm³/mol. The third kappa shape index (κ3) is 3.56. The number of allylic oxidation sites excluding steroid dienone is 4. The summed E-state index contributed by atoms with van der Waals surface area (Å²) in [6.07, 6.45) is 2.54. The quantitative estimate of drug-likeness (QED) is 0.791. The molecule has 0 amide bonds. The van der Waals surface area contributed by atoms with Crippen molar-refractivity contribution in [2.45, 2.75) is 66.2 Å². The second kappa shape index (κ2) is 7.19. The maximum atomic E-state index is 13.5. The monoisotopic (exact) mass is 407 g/mol. The number of carbonyl (C=O) groups is 2. The van der Waals surface area contributed by atoms with Crippen LogP contribution in [0.5, 0.6) is 0 Å². The lowest BCUT2D eigenvalue weighted by Gasteiger charge is -2.49. The van der Waals surface area contributed by atoms with Gasteiger partial charge in [0.05, 0.1) is 6.61 Å². The maximum Gasteiger partial charge on any atom is 0.162 e. The van der Waals surface area contributed by atoms with E-state index in [1.54, 1.807) is 0 Å². The number of ketones is 2. The Morgan fingerprint density at radius 1 is 0.867 bits per heavy atom. The first kappa shape index (κ1) is 21.0. The van der Waals surface area contributed by atoms with E-state index in [4.69, 9.17) is 0 Å². The van der Waals surface area contributed by atoms with Gasteiger partial charge in [0.15, 0.2) is 11.6 Å². The van der Waals surface area contributed by atoms with Gasteiger partial charge in [-0.3, -0.25) is 9.59 Å². The van der Waals surface area contributed by atoms with Gasteiger partial charge in [-0.05, 0) is 36.2 Å². The third-order valence-corrected chi connectivity index (χ3v) is 6.76. The Bertz CT molecular complexity index is 908. The highest BCUT2D eigenvalue weighted by Gasteiger charge is 2.48. The van der Waals surface area contributed by atoms with E-state index in [1.165, 1.54) is 0 Å². The zero-order valence-electron chi connectivity index (χ0n) is 18.8. The van der Waals surface area contributed by atoms with Crippen molar-refractivity contribution in [1.29, 1.82) is 0 Å². The molecule has 30 heavy (non-hydrogen) atoms. The van der Waals surface area contributed by atoms with E-state index in [-0.39, 0.29) is 34.9 Å². The molecule has 1 N–H and O–H groups in total. The highest BCUT2D eigenvalue weighted by atomic mass is 16.3. The van der Waals surface area contributed by atoms with Crippen LogP contribution < -0.4 is 0 Å². The Labute approximate surface area is 179 Å². The van der Waals surface area contributed by atoms with Gasteiger partial charge in [-0.2, -0.15) is 0 Å². The summed E-state index contributed by atoms with van der Waals surface area (Å²) in [4.78, 5) is 29.1. The van der Waals surface area contributed by atoms with Gasteiger partial charge in [0, 0.05) is 47.8 Å². The molecule has 3 aliphatic rings. The molecule has 4 nitrogen and oxygen atoms in total. The molecule has 0 saturated carbocycles. The molecule has 1 aliphatic heterocycles. The van der Waals surface area contributed by atoms with Crippen molar-refractivity contribution in [2.24, 2.45) is 10.8 Å². The number of carbonyl (C=O) groups excluding carboxylic acids is 2. The van der Waals surface area contributed by atoms with Crippen LogP contribution in [-0.2, 0) is 9.59 Å². The minimum absolute atomic E-state index is 0.00794. The molecule has 0 aromatic heterocycles. The lowest BCUT2D eigenvalue weighted by Crippen LogP contribution is -2.45. The summed E-state index contributed by atoms with van der Waals surface area (Å²) in [7, 11) is 0. The highest BCUT2D eigenvalue weighted by molar-refractivity contribution is 6.06. The van der Waals surface area contributed by atoms with Gasteiger partial charge in [0.1, 0.15) is 0 Å². The number of nitrogens with zero attached hydrogens (tertiary/aromatic N) is 1. The molecule has 4 rings (SSSR count). The number of aliphatic hydroxyl groups excluding tert-OH is 1. The predicted octanol–water partition coefficient (Wildman–Crippen LogP) is 4.67. The lowest BCUT2D eigenvalue weighted by atomic mass is 9.63. The van der Waals surface area contributed by atoms with Crippen molar-refractivity contribution in [3.05, 3.63) is 57.9 Å². The molecule has 160 valence electrons. The van der Waals surface area contributed by atoms with E-state index in [2.05, 4.69) is 56.9 Å². The van der Waals surface area contributed by atoms with Crippen LogP contribution in [0.15, 0.2) is 46.8 Å². The largest absolute Gasteiger partial charge is 0.395 e. The smallest absolute Gasteiger partial charge is 0.162 e. The SMILES string of the molecule is Cc1ccc(C2C3=C(CC(C)(C)CC3=O)N(CCO)C3=C2C(=O)CC(C)(C)C3)cc1. The van der Waals surface area contributed by atoms with E-state index in [0.29, 0.717) is 19.4 Å². The van der Waals surface area contributed by atoms with Gasteiger partial charge in [0.2, 0.25) is 0 Å². The van der Waals surface area contributed by atoms with Gasteiger partial charge in [-0.25, -0.2) is 0 Å². The molecule has 4 heteroatoms. The zero-order valence-corrected chi connectivity index (χ0v) is 18.8. The van der Waals surface area contributed by atoms with Crippen LogP contribution in [-0.4, -0.2) is 34.7 Å². The molecule has 2 aliphatic carbocycles. The molecular weight excluding hydrogens is 374 g/mol. The first-order chi connectivity index (χ1) is 14.0. The number of aliphatic hydroxyl groups is 1. The summed E-state index contributed by atoms with van der Waals surface area (Å²) < 4.78 is 0. The van der Waals surface area contributed by atoms with Crippen molar-refractivity contribution >= 4 is 11.6 Å². The van der Waals surface area contributed by atoms with Crippen molar-refractivity contribution in [1.82, 2.24) is 4.90 Å². The Morgan fingerprint density at radius 3 is 1.77 bits per heavy atom. The van der Waals surface area contributed by atoms with E-state index in [1.807, 2.05) is 6.92 Å². The molecule has 0 fully saturated rings. The van der Waals surface area contributed by atoms with Crippen LogP contribution in [0.4, 0.5) is 0 Å². The molecule has 0 atom stereocenters. The molecule has 0 unspecified atom stereocenters. The first-order valence-electron chi connectivity index (χ1n) is 11.0. The lowest BCUT2D eigenvalue weighted by molar-refractivity contribution is -0.119. The number of hydrogen-bond donors (Lipinski definition) is 1. The van der Waals surface area contributed by atoms with Crippen molar-refractivity contribution in [2.75, 3.05) is 13.2 Å². The molecule has 0 radical (unpaired) electrons. The first-order valence-corrected chi connectivity index (χ1v) is 11.0. The van der Waals surface area contributed by atoms with Crippen molar-refractivity contribution < 1.29 is 14.7 Å². The van der Waals surface area contributed by atoms with E-state index in [9.17, 15) is 14.7 Å². The molecule has 1 aromatic carbocycles. The Hall–Kier alpha value is -2.20. The molecule has 1 heterocycles. The van der Waals surface area contributed by atoms with Crippen molar-refractivity contribution in [3.63, 3.8) is 0 Å². The molecular formula is C26H33NO3. The summed E-state index contributed by atoms with van der Waals surface area (Å²) in [5.74, 6) is -0.0179. The average molecular weight is 408 g/mol. The topological polar surface area (TPSA) is 57.6 Å². The van der Waals surface area contributed by atoms with E-state index < -0.39 is 0 Å². The number of Topliss-reactive ketones (excluding diaryl/α,β-unsaturated/α-hetero) is 2. The van der Waals surface area contributed by atoms with Crippen LogP contribution in [0.25, 0.3) is 0 Å². The third-order valence-electron chi connectivity index (χ3n) is 6.76. The minimum atomic E-state index is -0.294. The summed E-state index contributed by atoms with van der Waals surface area (Å²) in [6, 6.07) is 8.25. The second-order valence-electron chi connectivity index (χ2n) is 10.8. The van der Waals surface area contributed by atoms with Gasteiger partial charge in [-0.15, -0.1) is 0 Å². The van der Waals surface area contributed by atoms with Crippen LogP contribution in [0.2, 0.25) is 0 Å². The maximum absolute atomic E-state index is 13.5. The van der Waals surface area contributed by atoms with E-state index in [0.717, 1.165) is 46.5 Å². The van der Waals surface area contributed by atoms with Gasteiger partial charge in [0.25, 0.3) is 0 Å². The number of rotatable bonds is 3. The fraction of sp³-hybridized carbons (Fsp3) is 0.538. The number of benzene rings is 1. The summed E-state index contributed by atoms with van der Waals surface area (Å²) in [5.41, 5.74) is 5.50. The number of aryl methyl sites for hydroxylation is 1. The average Bonchev–Trinajstić information content (AvgIpc) is 2.61. The van der Waals surface area contributed by atoms with Crippen molar-refractivity contribution in [3.8, 4) is 0 Å². The van der Waals surface area contributed by atoms with Gasteiger partial charge in [-0.1, -0.05) is 57.5 Å². The summed E-state index contributed by atoms with van der Waals surface area (Å²) in [6.45, 7) is 11.0. The van der Waals surface area contributed by atoms with Gasteiger partial charge >= 0.3 is 0 Å². The Morgan fingerprint density at radius 2 is 1.33 bits per heavy atom. The fourth-order valence-electron chi connectivity index (χ4n) is 5.51. The van der Waals surface area contributed by atoms with Gasteiger partial charge < -0.3 is 10.0 Å². The highest BCUT2D eigenvalue weighted by Crippen LogP contribution is 2.54. The van der Waals surface area contributed by atoms with E-state index >= 15 is 0 Å². The molecule has 0 bridgehead atoms. The van der Waals surface area contributed by atoms with Crippen LogP contribution in [0, 0.1) is 17.8 Å². The van der Waals surface area contributed by atoms with Crippen LogP contribution in [0.3, 0.4) is 0 Å². The molecule has 0 saturated heterocycles. The summed E-state index contributed by atoms with van der Waals surface area (Å²) in [5, 5.41) is 9.85. The zero-order chi connectivity index (χ0) is 21.8. The standard InChI is InChI=1S/C26H33NO3/c1-16-6-8-17(9-7-16)22-23-18(12-25(2,3)14-20(23)29)27(10-11-28)19-13-26(4,5)15-21(30)24(19)22/h6-9,22,28H,10-15H2,1-5H3. The molecule has 0 spiro atoms. The Balaban J connectivity index is 1.98. The molecule has 1 aromatic rings.